The largest absolute Gasteiger partial charge is 0.390 e. The standard InChI is InChI=1S/C10H11NS2/c1-2-6-9-7(12)4-3-5-8(9)13-10(6)11/h3-5,12H,2,11H2,1H3. The summed E-state index contributed by atoms with van der Waals surface area (Å²) in [5, 5.41) is 2.16. The third-order valence-electron chi connectivity index (χ3n) is 2.18. The van der Waals surface area contributed by atoms with Crippen molar-refractivity contribution in [1.82, 2.24) is 0 Å². The number of benzene rings is 1. The van der Waals surface area contributed by atoms with Gasteiger partial charge in [0.15, 0.2) is 0 Å². The molecule has 0 saturated carbocycles. The van der Waals surface area contributed by atoms with E-state index in [1.807, 2.05) is 12.1 Å². The van der Waals surface area contributed by atoms with Crippen molar-refractivity contribution in [2.75, 3.05) is 5.73 Å². The first-order valence-electron chi connectivity index (χ1n) is 4.23. The van der Waals surface area contributed by atoms with Crippen molar-refractivity contribution in [2.45, 2.75) is 18.2 Å². The fourth-order valence-electron chi connectivity index (χ4n) is 1.56. The normalized spacial score (nSPS) is 10.9. The molecule has 0 amide bonds. The zero-order chi connectivity index (χ0) is 9.42. The molecule has 0 aliphatic heterocycles. The monoisotopic (exact) mass is 209 g/mol. The highest BCUT2D eigenvalue weighted by Gasteiger charge is 2.09. The van der Waals surface area contributed by atoms with Gasteiger partial charge < -0.3 is 5.73 Å². The van der Waals surface area contributed by atoms with Crippen LogP contribution in [-0.2, 0) is 6.42 Å². The molecule has 0 bridgehead atoms. The van der Waals surface area contributed by atoms with E-state index in [0.29, 0.717) is 0 Å². The summed E-state index contributed by atoms with van der Waals surface area (Å²) in [6, 6.07) is 6.12. The molecule has 0 aliphatic rings. The number of hydrogen-bond acceptors (Lipinski definition) is 3. The molecule has 2 rings (SSSR count). The van der Waals surface area contributed by atoms with Gasteiger partial charge in [-0.3, -0.25) is 0 Å². The lowest BCUT2D eigenvalue weighted by Gasteiger charge is -1.98. The van der Waals surface area contributed by atoms with Gasteiger partial charge in [0.2, 0.25) is 0 Å². The molecule has 1 aromatic heterocycles. The third-order valence-corrected chi connectivity index (χ3v) is 3.58. The Hall–Kier alpha value is -0.670. The third kappa shape index (κ3) is 1.32. The average Bonchev–Trinajstić information content (AvgIpc) is 2.42. The minimum atomic E-state index is 0.930. The maximum Gasteiger partial charge on any atom is 0.0901 e. The lowest BCUT2D eigenvalue weighted by atomic mass is 10.1. The predicted octanol–water partition coefficient (Wildman–Crippen LogP) is 3.33. The van der Waals surface area contributed by atoms with Gasteiger partial charge in [-0.25, -0.2) is 0 Å². The molecule has 0 aliphatic carbocycles. The van der Waals surface area contributed by atoms with E-state index in [9.17, 15) is 0 Å². The molecule has 1 nitrogen and oxygen atoms in total. The number of nitrogens with two attached hydrogens (primary N) is 1. The Bertz CT molecular complexity index is 445. The number of aryl methyl sites for hydroxylation is 1. The molecule has 0 atom stereocenters. The van der Waals surface area contributed by atoms with Crippen molar-refractivity contribution >= 4 is 39.1 Å². The number of fused-ring (bicyclic) bond motifs is 1. The topological polar surface area (TPSA) is 26.0 Å². The van der Waals surface area contributed by atoms with E-state index in [-0.39, 0.29) is 0 Å². The molecular formula is C10H11NS2. The predicted molar refractivity (Wildman–Crippen MR) is 62.9 cm³/mol. The molecule has 0 unspecified atom stereocenters. The summed E-state index contributed by atoms with van der Waals surface area (Å²) < 4.78 is 1.24. The Morgan fingerprint density at radius 1 is 1.46 bits per heavy atom. The number of hydrogen-bond donors (Lipinski definition) is 2. The minimum Gasteiger partial charge on any atom is -0.390 e. The Labute approximate surface area is 87.0 Å². The fraction of sp³-hybridized carbons (Fsp3) is 0.200. The summed E-state index contributed by atoms with van der Waals surface area (Å²) in [6.07, 6.45) is 0.976. The van der Waals surface area contributed by atoms with Crippen molar-refractivity contribution in [3.63, 3.8) is 0 Å². The summed E-state index contributed by atoms with van der Waals surface area (Å²) in [6.45, 7) is 2.12. The zero-order valence-corrected chi connectivity index (χ0v) is 9.08. The number of anilines is 1. The quantitative estimate of drug-likeness (QED) is 0.692. The molecule has 68 valence electrons. The van der Waals surface area contributed by atoms with Gasteiger partial charge in [-0.1, -0.05) is 13.0 Å². The van der Waals surface area contributed by atoms with Crippen LogP contribution in [0.25, 0.3) is 10.1 Å². The Balaban J connectivity index is 2.88. The Kier molecular flexibility index (Phi) is 2.22. The molecular weight excluding hydrogens is 198 g/mol. The van der Waals surface area contributed by atoms with E-state index in [4.69, 9.17) is 5.73 Å². The number of thiol groups is 1. The van der Waals surface area contributed by atoms with E-state index in [0.717, 1.165) is 16.3 Å². The van der Waals surface area contributed by atoms with Gasteiger partial charge in [-0.05, 0) is 24.1 Å². The van der Waals surface area contributed by atoms with Gasteiger partial charge in [-0.15, -0.1) is 24.0 Å². The maximum atomic E-state index is 5.92. The van der Waals surface area contributed by atoms with Crippen LogP contribution in [0.5, 0.6) is 0 Å². The maximum absolute atomic E-state index is 5.92. The lowest BCUT2D eigenvalue weighted by molar-refractivity contribution is 1.17. The lowest BCUT2D eigenvalue weighted by Crippen LogP contribution is -1.86. The summed E-state index contributed by atoms with van der Waals surface area (Å²) >= 11 is 6.08. The average molecular weight is 209 g/mol. The van der Waals surface area contributed by atoms with Crippen LogP contribution in [0.1, 0.15) is 12.5 Å². The number of rotatable bonds is 1. The highest BCUT2D eigenvalue weighted by molar-refractivity contribution is 7.80. The van der Waals surface area contributed by atoms with Gasteiger partial charge in [0.1, 0.15) is 0 Å². The Morgan fingerprint density at radius 2 is 2.23 bits per heavy atom. The van der Waals surface area contributed by atoms with Crippen LogP contribution >= 0.6 is 24.0 Å². The highest BCUT2D eigenvalue weighted by Crippen LogP contribution is 2.37. The van der Waals surface area contributed by atoms with Crippen molar-refractivity contribution in [3.8, 4) is 0 Å². The first-order valence-corrected chi connectivity index (χ1v) is 5.49. The highest BCUT2D eigenvalue weighted by atomic mass is 32.1. The number of thiophene rings is 1. The zero-order valence-electron chi connectivity index (χ0n) is 7.37. The molecule has 2 N–H and O–H groups in total. The van der Waals surface area contributed by atoms with Crippen molar-refractivity contribution in [1.29, 1.82) is 0 Å². The van der Waals surface area contributed by atoms with E-state index in [1.165, 1.54) is 15.6 Å². The van der Waals surface area contributed by atoms with Gasteiger partial charge in [-0.2, -0.15) is 0 Å². The molecule has 2 aromatic rings. The molecule has 0 fully saturated rings. The van der Waals surface area contributed by atoms with Crippen LogP contribution in [-0.4, -0.2) is 0 Å². The fourth-order valence-corrected chi connectivity index (χ4v) is 3.07. The van der Waals surface area contributed by atoms with Crippen LogP contribution in [0, 0.1) is 0 Å². The van der Waals surface area contributed by atoms with Gasteiger partial charge in [0.05, 0.1) is 5.00 Å². The van der Waals surface area contributed by atoms with E-state index in [1.54, 1.807) is 11.3 Å². The summed E-state index contributed by atoms with van der Waals surface area (Å²) in [4.78, 5) is 1.03. The second-order valence-electron chi connectivity index (χ2n) is 2.95. The SMILES string of the molecule is CCc1c(N)sc2cccc(S)c12. The van der Waals surface area contributed by atoms with Crippen LogP contribution in [0.15, 0.2) is 23.1 Å². The summed E-state index contributed by atoms with van der Waals surface area (Å²) in [5.74, 6) is 0. The molecule has 0 radical (unpaired) electrons. The van der Waals surface area contributed by atoms with Crippen molar-refractivity contribution in [2.24, 2.45) is 0 Å². The first-order chi connectivity index (χ1) is 6.24. The molecule has 13 heavy (non-hydrogen) atoms. The van der Waals surface area contributed by atoms with Gasteiger partial charge >= 0.3 is 0 Å². The van der Waals surface area contributed by atoms with Gasteiger partial charge in [0.25, 0.3) is 0 Å². The van der Waals surface area contributed by atoms with Crippen LogP contribution in [0.2, 0.25) is 0 Å². The molecule has 1 heterocycles. The molecule has 0 spiro atoms. The van der Waals surface area contributed by atoms with E-state index < -0.39 is 0 Å². The van der Waals surface area contributed by atoms with Crippen LogP contribution < -0.4 is 5.73 Å². The van der Waals surface area contributed by atoms with Crippen LogP contribution in [0.4, 0.5) is 5.00 Å². The molecule has 1 aromatic carbocycles. The summed E-state index contributed by atoms with van der Waals surface area (Å²) in [7, 11) is 0. The van der Waals surface area contributed by atoms with Crippen molar-refractivity contribution in [3.05, 3.63) is 23.8 Å². The molecule has 3 heteroatoms. The van der Waals surface area contributed by atoms with E-state index in [2.05, 4.69) is 25.6 Å². The second kappa shape index (κ2) is 3.24. The van der Waals surface area contributed by atoms with Crippen molar-refractivity contribution < 1.29 is 0 Å². The minimum absolute atomic E-state index is 0.930. The first kappa shape index (κ1) is 8.91. The summed E-state index contributed by atoms with van der Waals surface area (Å²) in [5.41, 5.74) is 7.16. The van der Waals surface area contributed by atoms with Crippen LogP contribution in [0.3, 0.4) is 0 Å². The Morgan fingerprint density at radius 3 is 2.92 bits per heavy atom. The number of nitrogen functional groups attached to an aromatic ring is 1. The van der Waals surface area contributed by atoms with E-state index >= 15 is 0 Å². The second-order valence-corrected chi connectivity index (χ2v) is 4.51. The molecule has 0 saturated heterocycles. The smallest absolute Gasteiger partial charge is 0.0901 e. The van der Waals surface area contributed by atoms with Gasteiger partial charge in [0, 0.05) is 15.0 Å².